The zero-order chi connectivity index (χ0) is 15.2. The molecular weight excluding hydrogens is 324 g/mol. The third-order valence-electron chi connectivity index (χ3n) is 3.09. The quantitative estimate of drug-likeness (QED) is 0.732. The molecule has 1 unspecified atom stereocenters. The van der Waals surface area contributed by atoms with Gasteiger partial charge in [0.15, 0.2) is 0 Å². The van der Waals surface area contributed by atoms with E-state index in [-0.39, 0.29) is 25.0 Å². The highest BCUT2D eigenvalue weighted by Gasteiger charge is 2.23. The average Bonchev–Trinajstić information content (AvgIpc) is 2.45. The smallest absolute Gasteiger partial charge is 0.251 e. The lowest BCUT2D eigenvalue weighted by molar-refractivity contribution is -0.122. The Morgan fingerprint density at radius 3 is 2.40 bits per heavy atom. The Labute approximate surface area is 126 Å². The molecule has 0 radical (unpaired) electrons. The molecule has 1 rings (SSSR count). The van der Waals surface area contributed by atoms with Gasteiger partial charge in [-0.3, -0.25) is 9.59 Å². The molecule has 0 aliphatic carbocycles. The predicted octanol–water partition coefficient (Wildman–Crippen LogP) is 1.46. The number of benzene rings is 1. The van der Waals surface area contributed by atoms with Gasteiger partial charge >= 0.3 is 0 Å². The SMILES string of the molecule is CCC(C)(CO)NC(=O)CNC(=O)c1ccc(Br)cc1. The molecule has 0 aliphatic heterocycles. The highest BCUT2D eigenvalue weighted by molar-refractivity contribution is 9.10. The van der Waals surface area contributed by atoms with Crippen molar-refractivity contribution in [2.45, 2.75) is 25.8 Å². The van der Waals surface area contributed by atoms with E-state index in [4.69, 9.17) is 0 Å². The van der Waals surface area contributed by atoms with Crippen LogP contribution in [0.3, 0.4) is 0 Å². The lowest BCUT2D eigenvalue weighted by atomic mass is 10.0. The summed E-state index contributed by atoms with van der Waals surface area (Å²) in [5.74, 6) is -0.635. The summed E-state index contributed by atoms with van der Waals surface area (Å²) in [6.45, 7) is 3.36. The van der Waals surface area contributed by atoms with Crippen LogP contribution >= 0.6 is 15.9 Å². The maximum Gasteiger partial charge on any atom is 0.251 e. The normalized spacial score (nSPS) is 13.4. The number of rotatable bonds is 6. The fourth-order valence-electron chi connectivity index (χ4n) is 1.48. The maximum atomic E-state index is 11.8. The summed E-state index contributed by atoms with van der Waals surface area (Å²) in [5.41, 5.74) is -0.166. The Morgan fingerprint density at radius 2 is 1.90 bits per heavy atom. The van der Waals surface area contributed by atoms with Crippen LogP contribution < -0.4 is 10.6 Å². The summed E-state index contributed by atoms with van der Waals surface area (Å²) >= 11 is 3.29. The molecule has 0 aliphatic rings. The Balaban J connectivity index is 2.49. The molecule has 3 N–H and O–H groups in total. The van der Waals surface area contributed by atoms with Gasteiger partial charge < -0.3 is 15.7 Å². The van der Waals surface area contributed by atoms with Crippen LogP contribution in [0, 0.1) is 0 Å². The van der Waals surface area contributed by atoms with Crippen LogP contribution in [0.15, 0.2) is 28.7 Å². The predicted molar refractivity (Wildman–Crippen MR) is 80.4 cm³/mol. The molecule has 0 saturated heterocycles. The molecule has 20 heavy (non-hydrogen) atoms. The monoisotopic (exact) mass is 342 g/mol. The second-order valence-electron chi connectivity index (χ2n) is 4.81. The molecule has 110 valence electrons. The number of hydrogen-bond donors (Lipinski definition) is 3. The van der Waals surface area contributed by atoms with Crippen molar-refractivity contribution in [1.29, 1.82) is 0 Å². The van der Waals surface area contributed by atoms with Crippen LogP contribution in [0.4, 0.5) is 0 Å². The van der Waals surface area contributed by atoms with E-state index in [0.717, 1.165) is 4.47 Å². The largest absolute Gasteiger partial charge is 0.394 e. The number of aliphatic hydroxyl groups is 1. The lowest BCUT2D eigenvalue weighted by Crippen LogP contribution is -2.51. The van der Waals surface area contributed by atoms with Gasteiger partial charge in [-0.05, 0) is 37.6 Å². The molecule has 1 aromatic rings. The van der Waals surface area contributed by atoms with Crippen molar-refractivity contribution < 1.29 is 14.7 Å². The van der Waals surface area contributed by atoms with Gasteiger partial charge in [-0.1, -0.05) is 22.9 Å². The fourth-order valence-corrected chi connectivity index (χ4v) is 1.75. The van der Waals surface area contributed by atoms with E-state index in [9.17, 15) is 14.7 Å². The van der Waals surface area contributed by atoms with Crippen molar-refractivity contribution in [3.8, 4) is 0 Å². The second kappa shape index (κ2) is 7.40. The minimum atomic E-state index is -0.653. The second-order valence-corrected chi connectivity index (χ2v) is 5.73. The first kappa shape index (κ1) is 16.7. The van der Waals surface area contributed by atoms with E-state index in [1.807, 2.05) is 6.92 Å². The molecule has 6 heteroatoms. The van der Waals surface area contributed by atoms with Crippen LogP contribution in [0.2, 0.25) is 0 Å². The third kappa shape index (κ3) is 4.94. The summed E-state index contributed by atoms with van der Waals surface area (Å²) in [4.78, 5) is 23.5. The van der Waals surface area contributed by atoms with Gasteiger partial charge in [0, 0.05) is 10.0 Å². The van der Waals surface area contributed by atoms with Crippen molar-refractivity contribution in [3.05, 3.63) is 34.3 Å². The van der Waals surface area contributed by atoms with Gasteiger partial charge in [-0.2, -0.15) is 0 Å². The Morgan fingerprint density at radius 1 is 1.30 bits per heavy atom. The van der Waals surface area contributed by atoms with Crippen molar-refractivity contribution in [2.75, 3.05) is 13.2 Å². The Bertz CT molecular complexity index is 470. The van der Waals surface area contributed by atoms with Crippen molar-refractivity contribution in [1.82, 2.24) is 10.6 Å². The number of carbonyl (C=O) groups excluding carboxylic acids is 2. The molecule has 0 heterocycles. The summed E-state index contributed by atoms with van der Waals surface area (Å²) < 4.78 is 0.883. The highest BCUT2D eigenvalue weighted by Crippen LogP contribution is 2.10. The van der Waals surface area contributed by atoms with E-state index in [1.54, 1.807) is 31.2 Å². The van der Waals surface area contributed by atoms with Gasteiger partial charge in [-0.25, -0.2) is 0 Å². The Hall–Kier alpha value is -1.40. The molecule has 0 fully saturated rings. The van der Waals surface area contributed by atoms with Gasteiger partial charge in [0.2, 0.25) is 5.91 Å². The van der Waals surface area contributed by atoms with Gasteiger partial charge in [0.05, 0.1) is 18.7 Å². The molecule has 0 aromatic heterocycles. The van der Waals surface area contributed by atoms with Crippen LogP contribution in [-0.2, 0) is 4.79 Å². The number of amides is 2. The highest BCUT2D eigenvalue weighted by atomic mass is 79.9. The summed E-state index contributed by atoms with van der Waals surface area (Å²) in [5, 5.41) is 14.4. The van der Waals surface area contributed by atoms with E-state index in [1.165, 1.54) is 0 Å². The van der Waals surface area contributed by atoms with E-state index < -0.39 is 5.54 Å². The van der Waals surface area contributed by atoms with E-state index >= 15 is 0 Å². The number of aliphatic hydroxyl groups excluding tert-OH is 1. The molecule has 2 amide bonds. The molecule has 0 saturated carbocycles. The number of nitrogens with one attached hydrogen (secondary N) is 2. The van der Waals surface area contributed by atoms with Gasteiger partial charge in [0.1, 0.15) is 0 Å². The molecule has 1 aromatic carbocycles. The van der Waals surface area contributed by atoms with E-state index in [0.29, 0.717) is 12.0 Å². The molecular formula is C14H19BrN2O3. The van der Waals surface area contributed by atoms with Crippen molar-refractivity contribution in [2.24, 2.45) is 0 Å². The molecule has 0 bridgehead atoms. The van der Waals surface area contributed by atoms with Crippen molar-refractivity contribution in [3.63, 3.8) is 0 Å². The van der Waals surface area contributed by atoms with Crippen LogP contribution in [-0.4, -0.2) is 35.6 Å². The fraction of sp³-hybridized carbons (Fsp3) is 0.429. The first-order valence-electron chi connectivity index (χ1n) is 6.36. The van der Waals surface area contributed by atoms with Crippen LogP contribution in [0.1, 0.15) is 30.6 Å². The average molecular weight is 343 g/mol. The summed E-state index contributed by atoms with van der Waals surface area (Å²) in [6.07, 6.45) is 0.607. The lowest BCUT2D eigenvalue weighted by Gasteiger charge is -2.27. The first-order chi connectivity index (χ1) is 9.40. The van der Waals surface area contributed by atoms with Crippen molar-refractivity contribution >= 4 is 27.7 Å². The standard InChI is InChI=1S/C14H19BrN2O3/c1-3-14(2,9-18)17-12(19)8-16-13(20)10-4-6-11(15)7-5-10/h4-7,18H,3,8-9H2,1-2H3,(H,16,20)(H,17,19). The molecule has 1 atom stereocenters. The van der Waals surface area contributed by atoms with E-state index in [2.05, 4.69) is 26.6 Å². The van der Waals surface area contributed by atoms with Gasteiger partial charge in [-0.15, -0.1) is 0 Å². The van der Waals surface area contributed by atoms with Crippen LogP contribution in [0.25, 0.3) is 0 Å². The minimum Gasteiger partial charge on any atom is -0.394 e. The number of hydrogen-bond acceptors (Lipinski definition) is 3. The zero-order valence-corrected chi connectivity index (χ0v) is 13.2. The number of carbonyl (C=O) groups is 2. The zero-order valence-electron chi connectivity index (χ0n) is 11.6. The van der Waals surface area contributed by atoms with Gasteiger partial charge in [0.25, 0.3) is 5.91 Å². The Kier molecular flexibility index (Phi) is 6.16. The third-order valence-corrected chi connectivity index (χ3v) is 3.62. The maximum absolute atomic E-state index is 11.8. The van der Waals surface area contributed by atoms with Crippen LogP contribution in [0.5, 0.6) is 0 Å². The number of halogens is 1. The summed E-state index contributed by atoms with van der Waals surface area (Å²) in [7, 11) is 0. The molecule has 5 nitrogen and oxygen atoms in total. The first-order valence-corrected chi connectivity index (χ1v) is 7.15. The topological polar surface area (TPSA) is 78.4 Å². The minimum absolute atomic E-state index is 0.121. The molecule has 0 spiro atoms. The summed E-state index contributed by atoms with van der Waals surface area (Å²) in [6, 6.07) is 6.85.